The van der Waals surface area contributed by atoms with Crippen LogP contribution in [0, 0.1) is 0 Å². The van der Waals surface area contributed by atoms with E-state index >= 15 is 0 Å². The summed E-state index contributed by atoms with van der Waals surface area (Å²) in [6.07, 6.45) is -1.04. The van der Waals surface area contributed by atoms with E-state index in [1.165, 1.54) is 14.2 Å². The normalized spacial score (nSPS) is 14.9. The Morgan fingerprint density at radius 2 is 1.71 bits per heavy atom. The molecule has 1 atom stereocenters. The van der Waals surface area contributed by atoms with Gasteiger partial charge in [-0.25, -0.2) is 4.79 Å². The van der Waals surface area contributed by atoms with Crippen molar-refractivity contribution in [3.63, 3.8) is 0 Å². The minimum atomic E-state index is -1.04. The summed E-state index contributed by atoms with van der Waals surface area (Å²) in [5, 5.41) is 0. The van der Waals surface area contributed by atoms with Crippen LogP contribution in [0.3, 0.4) is 0 Å². The van der Waals surface area contributed by atoms with Gasteiger partial charge in [-0.15, -0.1) is 0 Å². The smallest absolute Gasteiger partial charge is 0.343 e. The number of benzene rings is 2. The van der Waals surface area contributed by atoms with Crippen LogP contribution in [-0.2, 0) is 14.3 Å². The van der Waals surface area contributed by atoms with Crippen LogP contribution in [0.4, 0.5) is 0 Å². The fourth-order valence-corrected chi connectivity index (χ4v) is 2.98. The molecule has 148 valence electrons. The van der Waals surface area contributed by atoms with Gasteiger partial charge in [-0.1, -0.05) is 30.3 Å². The predicted octanol–water partition coefficient (Wildman–Crippen LogP) is 2.46. The van der Waals surface area contributed by atoms with Crippen LogP contribution in [0.5, 0.6) is 11.5 Å². The monoisotopic (exact) mass is 385 g/mol. The summed E-state index contributed by atoms with van der Waals surface area (Å²) in [5.41, 5.74) is 0.832. The Balaban J connectivity index is 1.87. The van der Waals surface area contributed by atoms with Gasteiger partial charge in [0.15, 0.2) is 0 Å². The average molecular weight is 385 g/mol. The van der Waals surface area contributed by atoms with E-state index in [1.54, 1.807) is 47.4 Å². The largest absolute Gasteiger partial charge is 0.497 e. The van der Waals surface area contributed by atoms with E-state index in [2.05, 4.69) is 0 Å². The zero-order valence-corrected chi connectivity index (χ0v) is 15.9. The van der Waals surface area contributed by atoms with Crippen LogP contribution >= 0.6 is 0 Å². The van der Waals surface area contributed by atoms with E-state index in [-0.39, 0.29) is 11.5 Å². The number of morpholine rings is 1. The van der Waals surface area contributed by atoms with Crippen molar-refractivity contribution < 1.29 is 28.5 Å². The number of esters is 1. The summed E-state index contributed by atoms with van der Waals surface area (Å²) in [6.45, 7) is 1.86. The molecule has 0 aromatic heterocycles. The maximum absolute atomic E-state index is 13.1. The molecule has 0 aliphatic carbocycles. The standard InChI is InChI=1S/C21H23NO6/c1-25-16-8-9-17(18(14-16)26-2)21(24)28-19(15-6-4-3-5-7-15)20(23)22-10-12-27-13-11-22/h3-9,14,19H,10-13H2,1-2H3/t19-/m1/s1. The van der Waals surface area contributed by atoms with Gasteiger partial charge in [0.05, 0.1) is 27.4 Å². The summed E-state index contributed by atoms with van der Waals surface area (Å²) in [7, 11) is 2.98. The van der Waals surface area contributed by atoms with Crippen LogP contribution in [-0.4, -0.2) is 57.3 Å². The van der Waals surface area contributed by atoms with Gasteiger partial charge in [0.1, 0.15) is 17.1 Å². The second kappa shape index (κ2) is 9.23. The van der Waals surface area contributed by atoms with Crippen LogP contribution in [0.1, 0.15) is 22.0 Å². The number of carbonyl (C=O) groups excluding carboxylic acids is 2. The molecule has 3 rings (SSSR count). The van der Waals surface area contributed by atoms with E-state index in [4.69, 9.17) is 18.9 Å². The van der Waals surface area contributed by atoms with E-state index in [1.807, 2.05) is 6.07 Å². The molecule has 0 saturated carbocycles. The summed E-state index contributed by atoms with van der Waals surface area (Å²) >= 11 is 0. The third kappa shape index (κ3) is 4.43. The quantitative estimate of drug-likeness (QED) is 0.711. The lowest BCUT2D eigenvalue weighted by Gasteiger charge is -2.30. The zero-order valence-electron chi connectivity index (χ0n) is 15.9. The zero-order chi connectivity index (χ0) is 19.9. The highest BCUT2D eigenvalue weighted by Gasteiger charge is 2.31. The SMILES string of the molecule is COc1ccc(C(=O)O[C@@H](C(=O)N2CCOCC2)c2ccccc2)c(OC)c1. The van der Waals surface area contributed by atoms with Crippen molar-refractivity contribution in [1.29, 1.82) is 0 Å². The number of methoxy groups -OCH3 is 2. The maximum atomic E-state index is 13.1. The van der Waals surface area contributed by atoms with Gasteiger partial charge >= 0.3 is 5.97 Å². The number of hydrogen-bond acceptors (Lipinski definition) is 6. The van der Waals surface area contributed by atoms with Crippen LogP contribution in [0.2, 0.25) is 0 Å². The minimum absolute atomic E-state index is 0.221. The van der Waals surface area contributed by atoms with Crippen molar-refractivity contribution >= 4 is 11.9 Å². The Bertz CT molecular complexity index is 817. The lowest BCUT2D eigenvalue weighted by Crippen LogP contribution is -2.44. The highest BCUT2D eigenvalue weighted by atomic mass is 16.6. The second-order valence-corrected chi connectivity index (χ2v) is 6.20. The average Bonchev–Trinajstić information content (AvgIpc) is 2.77. The van der Waals surface area contributed by atoms with E-state index in [0.29, 0.717) is 43.4 Å². The maximum Gasteiger partial charge on any atom is 0.343 e. The van der Waals surface area contributed by atoms with E-state index in [9.17, 15) is 9.59 Å². The van der Waals surface area contributed by atoms with Crippen LogP contribution in [0.15, 0.2) is 48.5 Å². The van der Waals surface area contributed by atoms with Gasteiger partial charge < -0.3 is 23.8 Å². The minimum Gasteiger partial charge on any atom is -0.497 e. The molecule has 1 fully saturated rings. The van der Waals surface area contributed by atoms with Crippen molar-refractivity contribution in [2.75, 3.05) is 40.5 Å². The van der Waals surface area contributed by atoms with Crippen LogP contribution in [0.25, 0.3) is 0 Å². The van der Waals surface area contributed by atoms with Crippen molar-refractivity contribution in [3.05, 3.63) is 59.7 Å². The molecule has 0 N–H and O–H groups in total. The number of amides is 1. The molecule has 2 aromatic rings. The van der Waals surface area contributed by atoms with Gasteiger partial charge in [-0.05, 0) is 12.1 Å². The number of rotatable bonds is 6. The fourth-order valence-electron chi connectivity index (χ4n) is 2.98. The Hall–Kier alpha value is -3.06. The summed E-state index contributed by atoms with van der Waals surface area (Å²) in [6, 6.07) is 13.8. The Morgan fingerprint density at radius 1 is 1.00 bits per heavy atom. The first-order valence-corrected chi connectivity index (χ1v) is 8.98. The molecular weight excluding hydrogens is 362 g/mol. The molecule has 0 bridgehead atoms. The first-order chi connectivity index (χ1) is 13.6. The molecule has 1 aliphatic heterocycles. The second-order valence-electron chi connectivity index (χ2n) is 6.20. The third-order valence-electron chi connectivity index (χ3n) is 4.50. The number of nitrogens with zero attached hydrogens (tertiary/aromatic N) is 1. The molecule has 0 unspecified atom stereocenters. The molecule has 2 aromatic carbocycles. The Morgan fingerprint density at radius 3 is 2.36 bits per heavy atom. The molecule has 28 heavy (non-hydrogen) atoms. The number of carbonyl (C=O) groups is 2. The van der Waals surface area contributed by atoms with Crippen molar-refractivity contribution in [3.8, 4) is 11.5 Å². The molecule has 7 heteroatoms. The lowest BCUT2D eigenvalue weighted by atomic mass is 10.1. The van der Waals surface area contributed by atoms with Crippen LogP contribution < -0.4 is 9.47 Å². The molecule has 0 spiro atoms. The highest BCUT2D eigenvalue weighted by Crippen LogP contribution is 2.28. The van der Waals surface area contributed by atoms with Gasteiger partial charge in [0.2, 0.25) is 6.10 Å². The Kier molecular flexibility index (Phi) is 6.49. The molecule has 1 heterocycles. The molecule has 0 radical (unpaired) electrons. The van der Waals surface area contributed by atoms with Gasteiger partial charge in [-0.2, -0.15) is 0 Å². The molecular formula is C21H23NO6. The number of hydrogen-bond donors (Lipinski definition) is 0. The van der Waals surface area contributed by atoms with Gasteiger partial charge in [-0.3, -0.25) is 4.79 Å². The summed E-state index contributed by atoms with van der Waals surface area (Å²) in [4.78, 5) is 27.6. The van der Waals surface area contributed by atoms with Crippen molar-refractivity contribution in [2.45, 2.75) is 6.10 Å². The first kappa shape index (κ1) is 19.7. The Labute approximate surface area is 163 Å². The summed E-state index contributed by atoms with van der Waals surface area (Å²) < 4.78 is 21.4. The van der Waals surface area contributed by atoms with Gasteiger partial charge in [0.25, 0.3) is 5.91 Å². The van der Waals surface area contributed by atoms with Crippen molar-refractivity contribution in [2.24, 2.45) is 0 Å². The topological polar surface area (TPSA) is 74.3 Å². The first-order valence-electron chi connectivity index (χ1n) is 8.98. The fraction of sp³-hybridized carbons (Fsp3) is 0.333. The predicted molar refractivity (Wildman–Crippen MR) is 102 cm³/mol. The lowest BCUT2D eigenvalue weighted by molar-refractivity contribution is -0.145. The molecule has 1 amide bonds. The van der Waals surface area contributed by atoms with Gasteiger partial charge in [0, 0.05) is 24.7 Å². The highest BCUT2D eigenvalue weighted by molar-refractivity contribution is 5.95. The summed E-state index contributed by atoms with van der Waals surface area (Å²) in [5.74, 6) is -0.0438. The van der Waals surface area contributed by atoms with Crippen molar-refractivity contribution in [1.82, 2.24) is 4.90 Å². The van der Waals surface area contributed by atoms with E-state index < -0.39 is 12.1 Å². The number of ether oxygens (including phenoxy) is 4. The molecule has 7 nitrogen and oxygen atoms in total. The van der Waals surface area contributed by atoms with E-state index in [0.717, 1.165) is 0 Å². The molecule has 1 saturated heterocycles. The third-order valence-corrected chi connectivity index (χ3v) is 4.50. The molecule has 1 aliphatic rings.